The summed E-state index contributed by atoms with van der Waals surface area (Å²) in [5.74, 6) is 0.851. The number of methoxy groups -OCH3 is 1. The highest BCUT2D eigenvalue weighted by atomic mass is 16.5. The lowest BCUT2D eigenvalue weighted by Crippen LogP contribution is -2.39. The van der Waals surface area contributed by atoms with E-state index in [-0.39, 0.29) is 11.9 Å². The molecule has 4 rings (SSSR count). The standard InChI is InChI=1S/C22H24N4O2/c1-28-18-10-8-16(9-11-18)19-5-2-3-6-20(19)25-22(27)21-7-4-12-26(21)14-17-13-23-15-24-17/h2-3,5-6,8-11,13,15,21H,4,7,12,14H2,1H3,(H,23,24)(H,25,27). The zero-order valence-electron chi connectivity index (χ0n) is 15.9. The normalized spacial score (nSPS) is 16.8. The molecule has 1 saturated heterocycles. The zero-order chi connectivity index (χ0) is 19.3. The van der Waals surface area contributed by atoms with E-state index in [9.17, 15) is 4.79 Å². The maximum Gasteiger partial charge on any atom is 0.241 e. The lowest BCUT2D eigenvalue weighted by molar-refractivity contribution is -0.120. The summed E-state index contributed by atoms with van der Waals surface area (Å²) in [5.41, 5.74) is 3.89. The minimum absolute atomic E-state index is 0.0398. The van der Waals surface area contributed by atoms with Crippen molar-refractivity contribution in [1.29, 1.82) is 0 Å². The van der Waals surface area contributed by atoms with Crippen molar-refractivity contribution in [3.8, 4) is 16.9 Å². The van der Waals surface area contributed by atoms with Gasteiger partial charge in [-0.1, -0.05) is 30.3 Å². The molecule has 0 saturated carbocycles. The van der Waals surface area contributed by atoms with Gasteiger partial charge < -0.3 is 15.0 Å². The summed E-state index contributed by atoms with van der Waals surface area (Å²) in [6, 6.07) is 15.6. The van der Waals surface area contributed by atoms with E-state index in [1.807, 2.05) is 54.7 Å². The van der Waals surface area contributed by atoms with Gasteiger partial charge in [-0.2, -0.15) is 0 Å². The predicted molar refractivity (Wildman–Crippen MR) is 109 cm³/mol. The first-order chi connectivity index (χ1) is 13.7. The number of carbonyl (C=O) groups excluding carboxylic acids is 1. The van der Waals surface area contributed by atoms with Crippen LogP contribution in [0.4, 0.5) is 5.69 Å². The maximum absolute atomic E-state index is 13.0. The van der Waals surface area contributed by atoms with Crippen LogP contribution in [-0.4, -0.2) is 40.5 Å². The molecule has 0 radical (unpaired) electrons. The molecule has 6 heteroatoms. The van der Waals surface area contributed by atoms with Gasteiger partial charge in [0, 0.05) is 29.7 Å². The minimum atomic E-state index is -0.132. The van der Waals surface area contributed by atoms with Crippen molar-refractivity contribution >= 4 is 11.6 Å². The molecule has 1 unspecified atom stereocenters. The van der Waals surface area contributed by atoms with Crippen molar-refractivity contribution in [3.05, 3.63) is 66.7 Å². The van der Waals surface area contributed by atoms with Crippen LogP contribution in [0.3, 0.4) is 0 Å². The quantitative estimate of drug-likeness (QED) is 0.688. The first-order valence-corrected chi connectivity index (χ1v) is 9.50. The Kier molecular flexibility index (Phi) is 5.39. The number of rotatable bonds is 6. The van der Waals surface area contributed by atoms with Crippen LogP contribution in [0, 0.1) is 0 Å². The number of carbonyl (C=O) groups is 1. The molecule has 1 atom stereocenters. The molecule has 1 aliphatic heterocycles. The fraction of sp³-hybridized carbons (Fsp3) is 0.273. The first kappa shape index (κ1) is 18.3. The van der Waals surface area contributed by atoms with Gasteiger partial charge in [-0.25, -0.2) is 4.98 Å². The molecule has 6 nitrogen and oxygen atoms in total. The van der Waals surface area contributed by atoms with Gasteiger partial charge in [0.2, 0.25) is 5.91 Å². The fourth-order valence-electron chi connectivity index (χ4n) is 3.73. The number of hydrogen-bond acceptors (Lipinski definition) is 4. The van der Waals surface area contributed by atoms with Crippen LogP contribution in [-0.2, 0) is 11.3 Å². The summed E-state index contributed by atoms with van der Waals surface area (Å²) in [6.45, 7) is 1.62. The fourth-order valence-corrected chi connectivity index (χ4v) is 3.73. The molecule has 2 N–H and O–H groups in total. The van der Waals surface area contributed by atoms with Crippen molar-refractivity contribution in [3.63, 3.8) is 0 Å². The van der Waals surface area contributed by atoms with Gasteiger partial charge in [0.1, 0.15) is 5.75 Å². The highest BCUT2D eigenvalue weighted by molar-refractivity contribution is 5.98. The van der Waals surface area contributed by atoms with Crippen LogP contribution in [0.1, 0.15) is 18.5 Å². The third-order valence-electron chi connectivity index (χ3n) is 5.18. The number of nitrogens with one attached hydrogen (secondary N) is 2. The average Bonchev–Trinajstić information content (AvgIpc) is 3.41. The number of nitrogens with zero attached hydrogens (tertiary/aromatic N) is 2. The summed E-state index contributed by atoms with van der Waals surface area (Å²) < 4.78 is 5.24. The number of aromatic nitrogens is 2. The molecule has 1 amide bonds. The van der Waals surface area contributed by atoms with Crippen LogP contribution < -0.4 is 10.1 Å². The molecule has 1 fully saturated rings. The summed E-state index contributed by atoms with van der Waals surface area (Å²) in [5, 5.41) is 3.15. The molecule has 3 aromatic rings. The first-order valence-electron chi connectivity index (χ1n) is 9.50. The SMILES string of the molecule is COc1ccc(-c2ccccc2NC(=O)C2CCCN2Cc2cnc[nH]2)cc1. The van der Waals surface area contributed by atoms with E-state index in [2.05, 4.69) is 20.2 Å². The van der Waals surface area contributed by atoms with Crippen molar-refractivity contribution < 1.29 is 9.53 Å². The molecule has 144 valence electrons. The number of benzene rings is 2. The van der Waals surface area contributed by atoms with E-state index in [1.54, 1.807) is 13.4 Å². The summed E-state index contributed by atoms with van der Waals surface area (Å²) >= 11 is 0. The lowest BCUT2D eigenvalue weighted by atomic mass is 10.0. The van der Waals surface area contributed by atoms with Crippen LogP contribution in [0.25, 0.3) is 11.1 Å². The highest BCUT2D eigenvalue weighted by Crippen LogP contribution is 2.30. The second kappa shape index (κ2) is 8.27. The summed E-state index contributed by atoms with van der Waals surface area (Å²) in [7, 11) is 1.65. The van der Waals surface area contributed by atoms with E-state index in [0.717, 1.165) is 47.6 Å². The summed E-state index contributed by atoms with van der Waals surface area (Å²) in [4.78, 5) is 22.4. The Labute approximate surface area is 164 Å². The molecule has 0 bridgehead atoms. The Hall–Kier alpha value is -3.12. The molecule has 1 aliphatic rings. The second-order valence-corrected chi connectivity index (χ2v) is 6.97. The van der Waals surface area contributed by atoms with E-state index < -0.39 is 0 Å². The van der Waals surface area contributed by atoms with Gasteiger partial charge in [-0.05, 0) is 43.1 Å². The van der Waals surface area contributed by atoms with Crippen LogP contribution in [0.5, 0.6) is 5.75 Å². The van der Waals surface area contributed by atoms with E-state index in [4.69, 9.17) is 4.74 Å². The van der Waals surface area contributed by atoms with Crippen LogP contribution in [0.15, 0.2) is 61.1 Å². The number of anilines is 1. The van der Waals surface area contributed by atoms with Crippen molar-refractivity contribution in [2.45, 2.75) is 25.4 Å². The van der Waals surface area contributed by atoms with E-state index >= 15 is 0 Å². The van der Waals surface area contributed by atoms with Gasteiger partial charge in [0.25, 0.3) is 0 Å². The number of likely N-dealkylation sites (tertiary alicyclic amines) is 1. The van der Waals surface area contributed by atoms with Gasteiger partial charge in [-0.3, -0.25) is 9.69 Å². The smallest absolute Gasteiger partial charge is 0.241 e. The molecular weight excluding hydrogens is 352 g/mol. The van der Waals surface area contributed by atoms with E-state index in [1.165, 1.54) is 0 Å². The molecule has 2 heterocycles. The van der Waals surface area contributed by atoms with Crippen molar-refractivity contribution in [1.82, 2.24) is 14.9 Å². The van der Waals surface area contributed by atoms with Gasteiger partial charge >= 0.3 is 0 Å². The van der Waals surface area contributed by atoms with Gasteiger partial charge in [-0.15, -0.1) is 0 Å². The topological polar surface area (TPSA) is 70.2 Å². The Bertz CT molecular complexity index is 922. The number of imidazole rings is 1. The van der Waals surface area contributed by atoms with Crippen molar-refractivity contribution in [2.75, 3.05) is 19.0 Å². The number of para-hydroxylation sites is 1. The second-order valence-electron chi connectivity index (χ2n) is 6.97. The number of hydrogen-bond donors (Lipinski definition) is 2. The number of amides is 1. The molecule has 1 aromatic heterocycles. The Morgan fingerprint density at radius 3 is 2.82 bits per heavy atom. The monoisotopic (exact) mass is 376 g/mol. The Morgan fingerprint density at radius 1 is 1.25 bits per heavy atom. The van der Waals surface area contributed by atoms with Gasteiger partial charge in [0.15, 0.2) is 0 Å². The number of aromatic amines is 1. The third-order valence-corrected chi connectivity index (χ3v) is 5.18. The minimum Gasteiger partial charge on any atom is -0.497 e. The summed E-state index contributed by atoms with van der Waals surface area (Å²) in [6.07, 6.45) is 5.37. The van der Waals surface area contributed by atoms with Crippen LogP contribution >= 0.6 is 0 Å². The Balaban J connectivity index is 1.51. The number of ether oxygens (including phenoxy) is 1. The maximum atomic E-state index is 13.0. The number of H-pyrrole nitrogens is 1. The zero-order valence-corrected chi connectivity index (χ0v) is 15.9. The van der Waals surface area contributed by atoms with E-state index in [0.29, 0.717) is 6.54 Å². The molecule has 28 heavy (non-hydrogen) atoms. The van der Waals surface area contributed by atoms with Crippen LogP contribution in [0.2, 0.25) is 0 Å². The Morgan fingerprint density at radius 2 is 2.07 bits per heavy atom. The molecular formula is C22H24N4O2. The largest absolute Gasteiger partial charge is 0.497 e. The lowest BCUT2D eigenvalue weighted by Gasteiger charge is -2.23. The van der Waals surface area contributed by atoms with Gasteiger partial charge in [0.05, 0.1) is 19.5 Å². The molecule has 2 aromatic carbocycles. The predicted octanol–water partition coefficient (Wildman–Crippen LogP) is 3.69. The highest BCUT2D eigenvalue weighted by Gasteiger charge is 2.31. The third kappa shape index (κ3) is 3.92. The average molecular weight is 376 g/mol. The van der Waals surface area contributed by atoms with Crippen molar-refractivity contribution in [2.24, 2.45) is 0 Å². The molecule has 0 spiro atoms. The molecule has 0 aliphatic carbocycles.